The summed E-state index contributed by atoms with van der Waals surface area (Å²) in [5, 5.41) is 0. The maximum Gasteiger partial charge on any atom is 0.410 e. The van der Waals surface area contributed by atoms with Crippen LogP contribution in [-0.4, -0.2) is 49.0 Å². The molecule has 2 aliphatic heterocycles. The van der Waals surface area contributed by atoms with Crippen LogP contribution in [-0.2, 0) is 19.1 Å². The van der Waals surface area contributed by atoms with Gasteiger partial charge < -0.3 is 14.4 Å². The fraction of sp³-hybridized carbons (Fsp3) is 0.727. The van der Waals surface area contributed by atoms with Crippen molar-refractivity contribution in [3.8, 4) is 0 Å². The van der Waals surface area contributed by atoms with Crippen molar-refractivity contribution in [2.24, 2.45) is 11.8 Å². The second kappa shape index (κ2) is 4.35. The summed E-state index contributed by atoms with van der Waals surface area (Å²) in [7, 11) is 1.31. The van der Waals surface area contributed by atoms with Gasteiger partial charge in [0.2, 0.25) is 0 Å². The molecule has 0 saturated carbocycles. The molecule has 1 amide bonds. The van der Waals surface area contributed by atoms with E-state index in [2.05, 4.69) is 4.74 Å². The lowest BCUT2D eigenvalue weighted by Gasteiger charge is -2.18. The summed E-state index contributed by atoms with van der Waals surface area (Å²) < 4.78 is 9.54. The number of fused-ring (bicyclic) bond motifs is 1. The topological polar surface area (TPSA) is 72.9 Å². The Hall–Kier alpha value is -1.59. The number of carbonyl (C=O) groups is 3. The summed E-state index contributed by atoms with van der Waals surface area (Å²) in [6.45, 7) is 2.09. The van der Waals surface area contributed by atoms with Crippen LogP contribution in [0.5, 0.6) is 0 Å². The number of nitrogens with zero attached hydrogens (tertiary/aromatic N) is 1. The van der Waals surface area contributed by atoms with Gasteiger partial charge >= 0.3 is 12.1 Å². The molecule has 17 heavy (non-hydrogen) atoms. The minimum Gasteiger partial charge on any atom is -0.469 e. The predicted molar refractivity (Wildman–Crippen MR) is 56.1 cm³/mol. The van der Waals surface area contributed by atoms with Crippen LogP contribution in [0.4, 0.5) is 4.79 Å². The first-order chi connectivity index (χ1) is 8.04. The molecule has 0 radical (unpaired) electrons. The quantitative estimate of drug-likeness (QED) is 0.660. The van der Waals surface area contributed by atoms with E-state index >= 15 is 0 Å². The lowest BCUT2D eigenvalue weighted by molar-refractivity contribution is -0.142. The van der Waals surface area contributed by atoms with Crippen LogP contribution in [0.25, 0.3) is 0 Å². The Labute approximate surface area is 98.8 Å². The standard InChI is InChI=1S/C11H15NO5/c1-6(13)8-4-12-9(5-17-11(12)15)7(8)3-10(14)16-2/h7-9H,3-5H2,1-2H3/t7-,8+,9-/m1/s1. The number of Topliss-reactive ketones (excluding diaryl/α,β-unsaturated/α-hetero) is 1. The van der Waals surface area contributed by atoms with Crippen LogP contribution >= 0.6 is 0 Å². The fourth-order valence-corrected chi connectivity index (χ4v) is 2.63. The zero-order valence-electron chi connectivity index (χ0n) is 9.84. The molecule has 0 unspecified atom stereocenters. The van der Waals surface area contributed by atoms with Crippen molar-refractivity contribution >= 4 is 17.8 Å². The predicted octanol–water partition coefficient (Wildman–Crippen LogP) is 0.205. The van der Waals surface area contributed by atoms with E-state index in [0.29, 0.717) is 6.54 Å². The highest BCUT2D eigenvalue weighted by atomic mass is 16.6. The van der Waals surface area contributed by atoms with Gasteiger partial charge in [-0.3, -0.25) is 9.59 Å². The molecule has 2 rings (SSSR count). The van der Waals surface area contributed by atoms with Gasteiger partial charge in [0.05, 0.1) is 19.6 Å². The smallest absolute Gasteiger partial charge is 0.410 e. The van der Waals surface area contributed by atoms with Crippen LogP contribution in [0.3, 0.4) is 0 Å². The second-order valence-electron chi connectivity index (χ2n) is 4.46. The van der Waals surface area contributed by atoms with Gasteiger partial charge in [-0.1, -0.05) is 0 Å². The third kappa shape index (κ3) is 1.99. The molecule has 0 N–H and O–H groups in total. The molecule has 2 heterocycles. The second-order valence-corrected chi connectivity index (χ2v) is 4.46. The molecule has 2 fully saturated rings. The number of rotatable bonds is 3. The molecule has 2 aliphatic rings. The molecular formula is C11H15NO5. The molecule has 0 bridgehead atoms. The number of hydrogen-bond donors (Lipinski definition) is 0. The van der Waals surface area contributed by atoms with Crippen molar-refractivity contribution < 1.29 is 23.9 Å². The Morgan fingerprint density at radius 1 is 1.53 bits per heavy atom. The van der Waals surface area contributed by atoms with E-state index < -0.39 is 6.09 Å². The number of amides is 1. The van der Waals surface area contributed by atoms with Gasteiger partial charge in [0, 0.05) is 18.4 Å². The van der Waals surface area contributed by atoms with Crippen molar-refractivity contribution in [2.75, 3.05) is 20.3 Å². The average Bonchev–Trinajstić information content (AvgIpc) is 2.81. The molecule has 94 valence electrons. The van der Waals surface area contributed by atoms with Gasteiger partial charge in [-0.25, -0.2) is 4.79 Å². The van der Waals surface area contributed by atoms with Gasteiger partial charge in [0.1, 0.15) is 12.4 Å². The monoisotopic (exact) mass is 241 g/mol. The number of methoxy groups -OCH3 is 1. The number of ketones is 1. The van der Waals surface area contributed by atoms with Crippen LogP contribution in [0.2, 0.25) is 0 Å². The molecular weight excluding hydrogens is 226 g/mol. The van der Waals surface area contributed by atoms with Crippen molar-refractivity contribution in [3.63, 3.8) is 0 Å². The highest BCUT2D eigenvalue weighted by Crippen LogP contribution is 2.36. The Bertz CT molecular complexity index is 367. The van der Waals surface area contributed by atoms with Crippen molar-refractivity contribution in [2.45, 2.75) is 19.4 Å². The van der Waals surface area contributed by atoms with Gasteiger partial charge in [0.25, 0.3) is 0 Å². The normalized spacial score (nSPS) is 31.1. The third-order valence-electron chi connectivity index (χ3n) is 3.57. The third-order valence-corrected chi connectivity index (χ3v) is 3.57. The summed E-state index contributed by atoms with van der Waals surface area (Å²) in [6, 6.07) is -0.171. The number of hydrogen-bond acceptors (Lipinski definition) is 5. The summed E-state index contributed by atoms with van der Waals surface area (Å²) in [4.78, 5) is 35.8. The Kier molecular flexibility index (Phi) is 3.04. The van der Waals surface area contributed by atoms with E-state index in [1.165, 1.54) is 14.0 Å². The first-order valence-corrected chi connectivity index (χ1v) is 5.55. The van der Waals surface area contributed by atoms with Crippen LogP contribution in [0, 0.1) is 11.8 Å². The molecule has 0 aromatic carbocycles. The van der Waals surface area contributed by atoms with Gasteiger partial charge in [-0.15, -0.1) is 0 Å². The fourth-order valence-electron chi connectivity index (χ4n) is 2.63. The van der Waals surface area contributed by atoms with E-state index in [-0.39, 0.29) is 42.7 Å². The van der Waals surface area contributed by atoms with E-state index in [1.54, 1.807) is 4.90 Å². The number of esters is 1. The molecule has 0 aromatic heterocycles. The maximum atomic E-state index is 11.5. The van der Waals surface area contributed by atoms with Crippen LogP contribution in [0.1, 0.15) is 13.3 Å². The lowest BCUT2D eigenvalue weighted by Crippen LogP contribution is -2.31. The van der Waals surface area contributed by atoms with Crippen molar-refractivity contribution in [3.05, 3.63) is 0 Å². The molecule has 0 aromatic rings. The number of ether oxygens (including phenoxy) is 2. The minimum atomic E-state index is -0.395. The van der Waals surface area contributed by atoms with E-state index in [4.69, 9.17) is 4.74 Å². The first-order valence-electron chi connectivity index (χ1n) is 5.55. The zero-order chi connectivity index (χ0) is 12.6. The molecule has 6 heteroatoms. The Morgan fingerprint density at radius 2 is 2.24 bits per heavy atom. The maximum absolute atomic E-state index is 11.5. The summed E-state index contributed by atoms with van der Waals surface area (Å²) in [5.74, 6) is -0.832. The Morgan fingerprint density at radius 3 is 2.82 bits per heavy atom. The van der Waals surface area contributed by atoms with E-state index in [9.17, 15) is 14.4 Å². The summed E-state index contributed by atoms with van der Waals surface area (Å²) in [5.41, 5.74) is 0. The van der Waals surface area contributed by atoms with E-state index in [0.717, 1.165) is 0 Å². The SMILES string of the molecule is COC(=O)C[C@H]1[C@H]2COC(=O)N2C[C@H]1C(C)=O. The molecule has 6 nitrogen and oxygen atoms in total. The van der Waals surface area contributed by atoms with Gasteiger partial charge in [-0.2, -0.15) is 0 Å². The van der Waals surface area contributed by atoms with Crippen LogP contribution in [0.15, 0.2) is 0 Å². The zero-order valence-corrected chi connectivity index (χ0v) is 9.84. The van der Waals surface area contributed by atoms with Crippen LogP contribution < -0.4 is 0 Å². The average molecular weight is 241 g/mol. The largest absolute Gasteiger partial charge is 0.469 e. The van der Waals surface area contributed by atoms with Gasteiger partial charge in [0.15, 0.2) is 0 Å². The summed E-state index contributed by atoms with van der Waals surface area (Å²) >= 11 is 0. The Balaban J connectivity index is 2.16. The van der Waals surface area contributed by atoms with Gasteiger partial charge in [-0.05, 0) is 6.92 Å². The van der Waals surface area contributed by atoms with E-state index in [1.807, 2.05) is 0 Å². The number of cyclic esters (lactones) is 1. The molecule has 0 spiro atoms. The molecule has 3 atom stereocenters. The highest BCUT2D eigenvalue weighted by Gasteiger charge is 2.50. The first kappa shape index (κ1) is 11.9. The molecule has 2 saturated heterocycles. The van der Waals surface area contributed by atoms with Crippen molar-refractivity contribution in [1.82, 2.24) is 4.90 Å². The van der Waals surface area contributed by atoms with Crippen molar-refractivity contribution in [1.29, 1.82) is 0 Å². The molecule has 0 aliphatic carbocycles. The number of carbonyl (C=O) groups excluding carboxylic acids is 3. The highest BCUT2D eigenvalue weighted by molar-refractivity contribution is 5.82. The lowest BCUT2D eigenvalue weighted by atomic mass is 9.85. The summed E-state index contributed by atoms with van der Waals surface area (Å²) in [6.07, 6.45) is -0.243. The minimum absolute atomic E-state index is 0.00102.